The van der Waals surface area contributed by atoms with Crippen LogP contribution >= 0.6 is 11.8 Å². The lowest BCUT2D eigenvalue weighted by Gasteiger charge is -2.20. The van der Waals surface area contributed by atoms with Crippen molar-refractivity contribution in [2.24, 2.45) is 0 Å². The SMILES string of the molecule is CC(CO)Sc1ccc(CNC(C)(C)C)cc1F. The van der Waals surface area contributed by atoms with Gasteiger partial charge in [-0.25, -0.2) is 4.39 Å². The van der Waals surface area contributed by atoms with Gasteiger partial charge in [0.15, 0.2) is 0 Å². The first kappa shape index (κ1) is 15.5. The van der Waals surface area contributed by atoms with E-state index in [4.69, 9.17) is 5.11 Å². The maximum Gasteiger partial charge on any atom is 0.137 e. The summed E-state index contributed by atoms with van der Waals surface area (Å²) in [6.45, 7) is 8.82. The van der Waals surface area contributed by atoms with Crippen LogP contribution in [0, 0.1) is 5.82 Å². The van der Waals surface area contributed by atoms with Crippen molar-refractivity contribution in [2.75, 3.05) is 6.61 Å². The summed E-state index contributed by atoms with van der Waals surface area (Å²) in [5, 5.41) is 12.3. The molecule has 2 N–H and O–H groups in total. The summed E-state index contributed by atoms with van der Waals surface area (Å²) in [6.07, 6.45) is 0. The number of thioether (sulfide) groups is 1. The summed E-state index contributed by atoms with van der Waals surface area (Å²) < 4.78 is 13.8. The van der Waals surface area contributed by atoms with Crippen LogP contribution in [-0.2, 0) is 6.54 Å². The Balaban J connectivity index is 2.67. The standard InChI is InChI=1S/C14H22FNOS/c1-10(9-17)18-13-6-5-11(7-12(13)15)8-16-14(2,3)4/h5-7,10,16-17H,8-9H2,1-4H3. The molecule has 0 aromatic heterocycles. The third-order valence-corrected chi connectivity index (χ3v) is 3.54. The molecular formula is C14H22FNOS. The van der Waals surface area contributed by atoms with Crippen LogP contribution in [0.4, 0.5) is 4.39 Å². The monoisotopic (exact) mass is 271 g/mol. The summed E-state index contributed by atoms with van der Waals surface area (Å²) in [6, 6.07) is 5.27. The quantitative estimate of drug-likeness (QED) is 0.807. The van der Waals surface area contributed by atoms with Crippen LogP contribution < -0.4 is 5.32 Å². The van der Waals surface area contributed by atoms with E-state index in [1.165, 1.54) is 11.8 Å². The van der Waals surface area contributed by atoms with Gasteiger partial charge >= 0.3 is 0 Å². The first-order valence-corrected chi connectivity index (χ1v) is 7.01. The second-order valence-electron chi connectivity index (χ2n) is 5.48. The van der Waals surface area contributed by atoms with Crippen LogP contribution in [0.3, 0.4) is 0 Å². The molecule has 0 bridgehead atoms. The Labute approximate surface area is 113 Å². The predicted octanol–water partition coefficient (Wildman–Crippen LogP) is 3.19. The minimum atomic E-state index is -0.214. The molecule has 0 radical (unpaired) electrons. The Kier molecular flexibility index (Phi) is 5.63. The molecule has 0 saturated carbocycles. The summed E-state index contributed by atoms with van der Waals surface area (Å²) in [5.74, 6) is -0.214. The molecule has 0 aliphatic rings. The fourth-order valence-corrected chi connectivity index (χ4v) is 2.20. The Morgan fingerprint density at radius 3 is 2.56 bits per heavy atom. The zero-order valence-electron chi connectivity index (χ0n) is 11.5. The normalized spacial score (nSPS) is 13.7. The van der Waals surface area contributed by atoms with E-state index in [1.54, 1.807) is 12.1 Å². The van der Waals surface area contributed by atoms with Crippen LogP contribution in [0.25, 0.3) is 0 Å². The Bertz CT molecular complexity index is 390. The number of hydrogen-bond donors (Lipinski definition) is 2. The maximum absolute atomic E-state index is 13.8. The van der Waals surface area contributed by atoms with Gasteiger partial charge in [-0.2, -0.15) is 0 Å². The van der Waals surface area contributed by atoms with Gasteiger partial charge in [-0.05, 0) is 38.5 Å². The molecule has 1 aromatic rings. The van der Waals surface area contributed by atoms with Crippen molar-refractivity contribution in [3.8, 4) is 0 Å². The molecule has 0 spiro atoms. The average molecular weight is 271 g/mol. The van der Waals surface area contributed by atoms with Gasteiger partial charge in [-0.3, -0.25) is 0 Å². The van der Waals surface area contributed by atoms with Gasteiger partial charge < -0.3 is 10.4 Å². The van der Waals surface area contributed by atoms with Crippen LogP contribution in [0.1, 0.15) is 33.3 Å². The van der Waals surface area contributed by atoms with Crippen molar-refractivity contribution in [3.63, 3.8) is 0 Å². The number of aliphatic hydroxyl groups is 1. The van der Waals surface area contributed by atoms with Crippen LogP contribution in [0.15, 0.2) is 23.1 Å². The highest BCUT2D eigenvalue weighted by Gasteiger charge is 2.11. The highest BCUT2D eigenvalue weighted by molar-refractivity contribution is 8.00. The van der Waals surface area contributed by atoms with Gasteiger partial charge in [0, 0.05) is 22.2 Å². The molecule has 1 rings (SSSR count). The van der Waals surface area contributed by atoms with E-state index in [0.29, 0.717) is 11.4 Å². The average Bonchev–Trinajstić information content (AvgIpc) is 2.28. The summed E-state index contributed by atoms with van der Waals surface area (Å²) >= 11 is 1.36. The predicted molar refractivity (Wildman–Crippen MR) is 75.4 cm³/mol. The fourth-order valence-electron chi connectivity index (χ4n) is 1.37. The van der Waals surface area contributed by atoms with Crippen LogP contribution in [0.5, 0.6) is 0 Å². The van der Waals surface area contributed by atoms with Crippen LogP contribution in [-0.4, -0.2) is 22.5 Å². The number of halogens is 1. The minimum absolute atomic E-state index is 0.0121. The van der Waals surface area contributed by atoms with E-state index >= 15 is 0 Å². The maximum atomic E-state index is 13.8. The lowest BCUT2D eigenvalue weighted by molar-refractivity contribution is 0.300. The number of hydrogen-bond acceptors (Lipinski definition) is 3. The van der Waals surface area contributed by atoms with Crippen molar-refractivity contribution in [2.45, 2.75) is 49.9 Å². The van der Waals surface area contributed by atoms with Crippen LogP contribution in [0.2, 0.25) is 0 Å². The van der Waals surface area contributed by atoms with Gasteiger partial charge in [-0.15, -0.1) is 11.8 Å². The molecule has 18 heavy (non-hydrogen) atoms. The molecule has 0 amide bonds. The molecule has 0 heterocycles. The van der Waals surface area contributed by atoms with Gasteiger partial charge in [-0.1, -0.05) is 13.0 Å². The molecule has 1 unspecified atom stereocenters. The van der Waals surface area contributed by atoms with Crippen molar-refractivity contribution >= 4 is 11.8 Å². The molecule has 102 valence electrons. The minimum Gasteiger partial charge on any atom is -0.395 e. The van der Waals surface area contributed by atoms with E-state index in [9.17, 15) is 4.39 Å². The number of nitrogens with one attached hydrogen (secondary N) is 1. The number of benzene rings is 1. The third-order valence-electron chi connectivity index (χ3n) is 2.40. The van der Waals surface area contributed by atoms with Gasteiger partial charge in [0.2, 0.25) is 0 Å². The summed E-state index contributed by atoms with van der Waals surface area (Å²) in [4.78, 5) is 0.594. The highest BCUT2D eigenvalue weighted by Crippen LogP contribution is 2.26. The molecule has 0 fully saturated rings. The lowest BCUT2D eigenvalue weighted by Crippen LogP contribution is -2.35. The molecular weight excluding hydrogens is 249 g/mol. The Hall–Kier alpha value is -0.580. The topological polar surface area (TPSA) is 32.3 Å². The van der Waals surface area contributed by atoms with E-state index in [-0.39, 0.29) is 23.2 Å². The highest BCUT2D eigenvalue weighted by atomic mass is 32.2. The zero-order valence-corrected chi connectivity index (χ0v) is 12.3. The van der Waals surface area contributed by atoms with Crippen molar-refractivity contribution in [3.05, 3.63) is 29.6 Å². The molecule has 2 nitrogen and oxygen atoms in total. The molecule has 0 aliphatic carbocycles. The van der Waals surface area contributed by atoms with Gasteiger partial charge in [0.1, 0.15) is 5.82 Å². The molecule has 0 saturated heterocycles. The van der Waals surface area contributed by atoms with Crippen molar-refractivity contribution in [1.29, 1.82) is 0 Å². The molecule has 4 heteroatoms. The number of aliphatic hydroxyl groups excluding tert-OH is 1. The second kappa shape index (κ2) is 6.55. The number of rotatable bonds is 5. The second-order valence-corrected chi connectivity index (χ2v) is 6.96. The van der Waals surface area contributed by atoms with E-state index in [1.807, 2.05) is 13.0 Å². The first-order valence-electron chi connectivity index (χ1n) is 6.13. The fraction of sp³-hybridized carbons (Fsp3) is 0.571. The molecule has 1 aromatic carbocycles. The molecule has 1 atom stereocenters. The first-order chi connectivity index (χ1) is 8.31. The Morgan fingerprint density at radius 1 is 1.39 bits per heavy atom. The largest absolute Gasteiger partial charge is 0.395 e. The Morgan fingerprint density at radius 2 is 2.06 bits per heavy atom. The van der Waals surface area contributed by atoms with Crippen molar-refractivity contribution in [1.82, 2.24) is 5.32 Å². The molecule has 0 aliphatic heterocycles. The van der Waals surface area contributed by atoms with E-state index < -0.39 is 0 Å². The summed E-state index contributed by atoms with van der Waals surface area (Å²) in [5.41, 5.74) is 0.957. The summed E-state index contributed by atoms with van der Waals surface area (Å²) in [7, 11) is 0. The van der Waals surface area contributed by atoms with Gasteiger partial charge in [0.25, 0.3) is 0 Å². The van der Waals surface area contributed by atoms with Gasteiger partial charge in [0.05, 0.1) is 6.61 Å². The van der Waals surface area contributed by atoms with E-state index in [0.717, 1.165) is 5.56 Å². The van der Waals surface area contributed by atoms with E-state index in [2.05, 4.69) is 26.1 Å². The lowest BCUT2D eigenvalue weighted by atomic mass is 10.1. The third kappa shape index (κ3) is 5.38. The smallest absolute Gasteiger partial charge is 0.137 e. The zero-order chi connectivity index (χ0) is 13.8. The van der Waals surface area contributed by atoms with Crippen molar-refractivity contribution < 1.29 is 9.50 Å².